The molecule has 0 aromatic carbocycles. The molecule has 2 unspecified atom stereocenters. The number of nitrogens with one attached hydrogen (secondary N) is 2. The Morgan fingerprint density at radius 1 is 1.54 bits per heavy atom. The topological polar surface area (TPSA) is 50.4 Å². The lowest BCUT2D eigenvalue weighted by Gasteiger charge is -2.23. The van der Waals surface area contributed by atoms with Crippen LogP contribution in [0.15, 0.2) is 0 Å². The van der Waals surface area contributed by atoms with Gasteiger partial charge in [0.2, 0.25) is 0 Å². The molecule has 0 rings (SSSR count). The van der Waals surface area contributed by atoms with Gasteiger partial charge in [0, 0.05) is 12.1 Å². The van der Waals surface area contributed by atoms with Crippen molar-refractivity contribution in [1.82, 2.24) is 10.4 Å². The predicted octanol–water partition coefficient (Wildman–Crippen LogP) is 0.296. The minimum Gasteiger partial charge on any atom is -0.468 e. The summed E-state index contributed by atoms with van der Waals surface area (Å²) in [5.41, 5.74) is 0.00773. The summed E-state index contributed by atoms with van der Waals surface area (Å²) >= 11 is 0. The predicted molar refractivity (Wildman–Crippen MR) is 56.4 cm³/mol. The van der Waals surface area contributed by atoms with Gasteiger partial charge in [-0.1, -0.05) is 9.39 Å². The lowest BCUT2D eigenvalue weighted by atomic mass is 10.1. The molecule has 0 radical (unpaired) electrons. The molecule has 4 nitrogen and oxygen atoms in total. The van der Waals surface area contributed by atoms with E-state index >= 15 is 0 Å². The average Bonchev–Trinajstić information content (AvgIpc) is 2.03. The Morgan fingerprint density at radius 3 is 2.38 bits per heavy atom. The molecule has 0 aromatic rings. The third-order valence-electron chi connectivity index (χ3n) is 1.52. The number of carbonyl (C=O) groups is 1. The van der Waals surface area contributed by atoms with E-state index in [-0.39, 0.29) is 17.6 Å². The van der Waals surface area contributed by atoms with Crippen LogP contribution in [0.25, 0.3) is 0 Å². The summed E-state index contributed by atoms with van der Waals surface area (Å²) in [5.74, 6) is -0.258. The van der Waals surface area contributed by atoms with Gasteiger partial charge in [0.1, 0.15) is 6.04 Å². The lowest BCUT2D eigenvalue weighted by Crippen LogP contribution is -2.47. The quantitative estimate of drug-likeness (QED) is 0.513. The molecule has 13 heavy (non-hydrogen) atoms. The van der Waals surface area contributed by atoms with Gasteiger partial charge in [-0.2, -0.15) is 0 Å². The van der Waals surface area contributed by atoms with Crippen LogP contribution >= 0.6 is 9.39 Å². The highest BCUT2D eigenvalue weighted by atomic mass is 31.0. The van der Waals surface area contributed by atoms with Crippen molar-refractivity contribution in [3.05, 3.63) is 0 Å². The average molecular weight is 206 g/mol. The zero-order valence-electron chi connectivity index (χ0n) is 8.68. The van der Waals surface area contributed by atoms with Crippen molar-refractivity contribution in [2.75, 3.05) is 13.7 Å². The van der Waals surface area contributed by atoms with Crippen LogP contribution in [0.4, 0.5) is 0 Å². The molecule has 0 amide bonds. The molecule has 0 saturated heterocycles. The molecule has 0 bridgehead atoms. The van der Waals surface area contributed by atoms with Gasteiger partial charge in [-0.05, 0) is 20.8 Å². The van der Waals surface area contributed by atoms with Crippen LogP contribution in [0.5, 0.6) is 0 Å². The maximum absolute atomic E-state index is 11.1. The molecule has 0 saturated carbocycles. The van der Waals surface area contributed by atoms with E-state index in [1.165, 1.54) is 7.11 Å². The fourth-order valence-corrected chi connectivity index (χ4v) is 1.01. The van der Waals surface area contributed by atoms with Gasteiger partial charge < -0.3 is 10.1 Å². The molecule has 0 aliphatic carbocycles. The number of hydrogen-bond acceptors (Lipinski definition) is 4. The van der Waals surface area contributed by atoms with E-state index < -0.39 is 0 Å². The smallest absolute Gasteiger partial charge is 0.324 e. The van der Waals surface area contributed by atoms with Crippen LogP contribution in [0.1, 0.15) is 20.8 Å². The summed E-state index contributed by atoms with van der Waals surface area (Å²) in [5, 5.41) is 6.02. The van der Waals surface area contributed by atoms with Crippen LogP contribution in [0.3, 0.4) is 0 Å². The minimum absolute atomic E-state index is 0.00773. The van der Waals surface area contributed by atoms with Gasteiger partial charge in [-0.25, -0.2) is 0 Å². The van der Waals surface area contributed by atoms with E-state index in [2.05, 4.69) is 24.5 Å². The van der Waals surface area contributed by atoms with Gasteiger partial charge in [-0.3, -0.25) is 9.88 Å². The van der Waals surface area contributed by atoms with Gasteiger partial charge in [0.25, 0.3) is 0 Å². The van der Waals surface area contributed by atoms with Gasteiger partial charge in [-0.15, -0.1) is 0 Å². The van der Waals surface area contributed by atoms with E-state index in [4.69, 9.17) is 0 Å². The van der Waals surface area contributed by atoms with Crippen molar-refractivity contribution in [2.24, 2.45) is 0 Å². The second-order valence-corrected chi connectivity index (χ2v) is 4.21. The maximum atomic E-state index is 11.1. The number of esters is 1. The summed E-state index contributed by atoms with van der Waals surface area (Å²) in [4.78, 5) is 11.1. The number of ether oxygens (including phenoxy) is 1. The highest BCUT2D eigenvalue weighted by Gasteiger charge is 2.19. The number of hydrogen-bond donors (Lipinski definition) is 2. The normalized spacial score (nSPS) is 13.9. The Kier molecular flexibility index (Phi) is 5.45. The molecule has 5 heteroatoms. The SMILES string of the molecule is COC(=O)C(CNC(C)(C)C)NP. The third kappa shape index (κ3) is 5.97. The molecule has 0 aromatic heterocycles. The summed E-state index contributed by atoms with van der Waals surface area (Å²) in [6.07, 6.45) is 0. The fourth-order valence-electron chi connectivity index (χ4n) is 0.761. The number of carbonyl (C=O) groups excluding carboxylic acids is 1. The van der Waals surface area contributed by atoms with Crippen molar-refractivity contribution in [2.45, 2.75) is 32.4 Å². The van der Waals surface area contributed by atoms with E-state index in [9.17, 15) is 4.79 Å². The van der Waals surface area contributed by atoms with Gasteiger partial charge in [0.05, 0.1) is 7.11 Å². The summed E-state index contributed by atoms with van der Waals surface area (Å²) in [6, 6.07) is -0.311. The number of methoxy groups -OCH3 is 1. The second-order valence-electron chi connectivity index (χ2n) is 3.87. The first-order valence-electron chi connectivity index (χ1n) is 4.19. The van der Waals surface area contributed by atoms with Crippen LogP contribution in [0.2, 0.25) is 0 Å². The summed E-state index contributed by atoms with van der Waals surface area (Å²) in [6.45, 7) is 6.69. The minimum atomic E-state index is -0.311. The second kappa shape index (κ2) is 5.53. The maximum Gasteiger partial charge on any atom is 0.324 e. The zero-order chi connectivity index (χ0) is 10.5. The van der Waals surface area contributed by atoms with Crippen molar-refractivity contribution in [1.29, 1.82) is 0 Å². The first-order valence-corrected chi connectivity index (χ1v) is 4.77. The van der Waals surface area contributed by atoms with E-state index in [0.717, 1.165) is 0 Å². The van der Waals surface area contributed by atoms with Crippen molar-refractivity contribution >= 4 is 15.4 Å². The molecular weight excluding hydrogens is 187 g/mol. The number of rotatable bonds is 4. The lowest BCUT2D eigenvalue weighted by molar-refractivity contribution is -0.142. The highest BCUT2D eigenvalue weighted by Crippen LogP contribution is 1.99. The van der Waals surface area contributed by atoms with E-state index in [0.29, 0.717) is 6.54 Å². The molecule has 78 valence electrons. The largest absolute Gasteiger partial charge is 0.468 e. The van der Waals surface area contributed by atoms with Crippen molar-refractivity contribution < 1.29 is 9.53 Å². The molecule has 0 spiro atoms. The third-order valence-corrected chi connectivity index (χ3v) is 1.93. The Labute approximate surface area is 82.1 Å². The molecular formula is C8H19N2O2P. The fraction of sp³-hybridized carbons (Fsp3) is 0.875. The molecule has 0 aliphatic rings. The standard InChI is InChI=1S/C8H19N2O2P/c1-8(2,3)9-5-6(10-13)7(11)12-4/h6,9-10H,5,13H2,1-4H3. The van der Waals surface area contributed by atoms with Crippen molar-refractivity contribution in [3.8, 4) is 0 Å². The summed E-state index contributed by atoms with van der Waals surface area (Å²) < 4.78 is 4.61. The van der Waals surface area contributed by atoms with Gasteiger partial charge in [0.15, 0.2) is 0 Å². The molecule has 2 atom stereocenters. The molecule has 0 heterocycles. The summed E-state index contributed by atoms with van der Waals surface area (Å²) in [7, 11) is 3.70. The van der Waals surface area contributed by atoms with Crippen LogP contribution in [-0.2, 0) is 9.53 Å². The Balaban J connectivity index is 3.93. The van der Waals surface area contributed by atoms with Gasteiger partial charge >= 0.3 is 5.97 Å². The van der Waals surface area contributed by atoms with Crippen LogP contribution in [-0.4, -0.2) is 31.2 Å². The van der Waals surface area contributed by atoms with Crippen molar-refractivity contribution in [3.63, 3.8) is 0 Å². The van der Waals surface area contributed by atoms with E-state index in [1.807, 2.05) is 20.8 Å². The Morgan fingerprint density at radius 2 is 2.08 bits per heavy atom. The molecule has 0 aliphatic heterocycles. The highest BCUT2D eigenvalue weighted by molar-refractivity contribution is 7.13. The van der Waals surface area contributed by atoms with Crippen LogP contribution < -0.4 is 10.4 Å². The first-order chi connectivity index (χ1) is 5.90. The molecule has 2 N–H and O–H groups in total. The zero-order valence-corrected chi connectivity index (χ0v) is 9.83. The Hall–Kier alpha value is -0.180. The molecule has 0 fully saturated rings. The first kappa shape index (κ1) is 12.8. The Bertz CT molecular complexity index is 168. The van der Waals surface area contributed by atoms with E-state index in [1.54, 1.807) is 0 Å². The van der Waals surface area contributed by atoms with Crippen LogP contribution in [0, 0.1) is 0 Å². The monoisotopic (exact) mass is 206 g/mol.